The SMILES string of the molecule is Cc1cc(C)c2c(/C=C/C(=O)O)c(Cl)[nH]c2c1. The average molecular weight is 250 g/mol. The van der Waals surface area contributed by atoms with Gasteiger partial charge < -0.3 is 10.1 Å². The van der Waals surface area contributed by atoms with E-state index in [1.807, 2.05) is 26.0 Å². The van der Waals surface area contributed by atoms with Gasteiger partial charge in [-0.05, 0) is 37.1 Å². The van der Waals surface area contributed by atoms with Crippen molar-refractivity contribution in [1.82, 2.24) is 4.98 Å². The molecule has 0 spiro atoms. The summed E-state index contributed by atoms with van der Waals surface area (Å²) in [5.41, 5.74) is 3.87. The molecule has 2 N–H and O–H groups in total. The number of hydrogen-bond donors (Lipinski definition) is 2. The van der Waals surface area contributed by atoms with Gasteiger partial charge in [-0.1, -0.05) is 17.7 Å². The smallest absolute Gasteiger partial charge is 0.328 e. The minimum Gasteiger partial charge on any atom is -0.478 e. The number of carboxylic acid groups (broad SMARTS) is 1. The summed E-state index contributed by atoms with van der Waals surface area (Å²) in [6.45, 7) is 3.99. The van der Waals surface area contributed by atoms with E-state index in [1.54, 1.807) is 0 Å². The first-order chi connectivity index (χ1) is 7.99. The van der Waals surface area contributed by atoms with Crippen LogP contribution in [0.4, 0.5) is 0 Å². The summed E-state index contributed by atoms with van der Waals surface area (Å²) in [5.74, 6) is -0.986. The number of aryl methyl sites for hydroxylation is 2. The van der Waals surface area contributed by atoms with Crippen LogP contribution in [0.2, 0.25) is 5.15 Å². The first-order valence-electron chi connectivity index (χ1n) is 5.18. The molecule has 17 heavy (non-hydrogen) atoms. The molecule has 0 aliphatic carbocycles. The second-order valence-corrected chi connectivity index (χ2v) is 4.41. The number of carbonyl (C=O) groups is 1. The van der Waals surface area contributed by atoms with E-state index in [4.69, 9.17) is 16.7 Å². The van der Waals surface area contributed by atoms with Crippen molar-refractivity contribution in [2.24, 2.45) is 0 Å². The van der Waals surface area contributed by atoms with E-state index in [2.05, 4.69) is 4.98 Å². The van der Waals surface area contributed by atoms with E-state index in [0.717, 1.165) is 33.7 Å². The Morgan fingerprint density at radius 2 is 2.12 bits per heavy atom. The van der Waals surface area contributed by atoms with Gasteiger partial charge in [0.25, 0.3) is 0 Å². The van der Waals surface area contributed by atoms with Crippen LogP contribution < -0.4 is 0 Å². The molecule has 0 aliphatic rings. The highest BCUT2D eigenvalue weighted by molar-refractivity contribution is 6.33. The van der Waals surface area contributed by atoms with Gasteiger partial charge in [-0.25, -0.2) is 4.79 Å². The largest absolute Gasteiger partial charge is 0.478 e. The predicted molar refractivity (Wildman–Crippen MR) is 69.5 cm³/mol. The summed E-state index contributed by atoms with van der Waals surface area (Å²) >= 11 is 6.08. The second-order valence-electron chi connectivity index (χ2n) is 4.03. The summed E-state index contributed by atoms with van der Waals surface area (Å²) in [6, 6.07) is 4.04. The highest BCUT2D eigenvalue weighted by Crippen LogP contribution is 2.30. The van der Waals surface area contributed by atoms with E-state index in [1.165, 1.54) is 6.08 Å². The number of rotatable bonds is 2. The number of hydrogen-bond acceptors (Lipinski definition) is 1. The third-order valence-electron chi connectivity index (χ3n) is 2.62. The topological polar surface area (TPSA) is 53.1 Å². The number of fused-ring (bicyclic) bond motifs is 1. The molecule has 0 fully saturated rings. The quantitative estimate of drug-likeness (QED) is 0.800. The number of aromatic nitrogens is 1. The zero-order chi connectivity index (χ0) is 12.6. The van der Waals surface area contributed by atoms with Gasteiger partial charge in [0.05, 0.1) is 0 Å². The van der Waals surface area contributed by atoms with Crippen LogP contribution in [0.3, 0.4) is 0 Å². The summed E-state index contributed by atoms with van der Waals surface area (Å²) in [7, 11) is 0. The van der Waals surface area contributed by atoms with Gasteiger partial charge in [0.2, 0.25) is 0 Å². The first kappa shape index (κ1) is 11.7. The predicted octanol–water partition coefficient (Wildman–Crippen LogP) is 3.54. The van der Waals surface area contributed by atoms with Crippen LogP contribution in [-0.4, -0.2) is 16.1 Å². The van der Waals surface area contributed by atoms with E-state index in [0.29, 0.717) is 5.15 Å². The molecule has 1 aromatic carbocycles. The monoisotopic (exact) mass is 249 g/mol. The zero-order valence-corrected chi connectivity index (χ0v) is 10.3. The fraction of sp³-hybridized carbons (Fsp3) is 0.154. The van der Waals surface area contributed by atoms with Crippen molar-refractivity contribution in [2.45, 2.75) is 13.8 Å². The van der Waals surface area contributed by atoms with Crippen LogP contribution in [0.15, 0.2) is 18.2 Å². The molecule has 0 saturated carbocycles. The molecule has 0 amide bonds. The molecule has 0 bridgehead atoms. The molecular formula is C13H12ClNO2. The lowest BCUT2D eigenvalue weighted by molar-refractivity contribution is -0.131. The molecule has 88 valence electrons. The molecule has 0 saturated heterocycles. The zero-order valence-electron chi connectivity index (χ0n) is 9.54. The van der Waals surface area contributed by atoms with Crippen molar-refractivity contribution < 1.29 is 9.90 Å². The minimum atomic E-state index is -0.986. The lowest BCUT2D eigenvalue weighted by atomic mass is 10.0. The van der Waals surface area contributed by atoms with Crippen LogP contribution in [0, 0.1) is 13.8 Å². The number of H-pyrrole nitrogens is 1. The maximum atomic E-state index is 10.5. The van der Waals surface area contributed by atoms with Crippen molar-refractivity contribution >= 4 is 34.5 Å². The lowest BCUT2D eigenvalue weighted by Crippen LogP contribution is -1.86. The van der Waals surface area contributed by atoms with E-state index in [9.17, 15) is 4.79 Å². The van der Waals surface area contributed by atoms with Crippen LogP contribution in [0.1, 0.15) is 16.7 Å². The van der Waals surface area contributed by atoms with Crippen molar-refractivity contribution in [2.75, 3.05) is 0 Å². The normalized spacial score (nSPS) is 11.5. The second kappa shape index (κ2) is 4.26. The Morgan fingerprint density at radius 3 is 2.76 bits per heavy atom. The Bertz CT molecular complexity index is 626. The summed E-state index contributed by atoms with van der Waals surface area (Å²) in [5, 5.41) is 10.1. The van der Waals surface area contributed by atoms with Gasteiger partial charge in [-0.2, -0.15) is 0 Å². The third kappa shape index (κ3) is 2.19. The highest BCUT2D eigenvalue weighted by Gasteiger charge is 2.10. The minimum absolute atomic E-state index is 0.464. The maximum absolute atomic E-state index is 10.5. The molecule has 0 radical (unpaired) electrons. The number of benzene rings is 1. The number of aliphatic carboxylic acids is 1. The summed E-state index contributed by atoms with van der Waals surface area (Å²) in [6.07, 6.45) is 2.61. The fourth-order valence-electron chi connectivity index (χ4n) is 2.03. The molecular weight excluding hydrogens is 238 g/mol. The fourth-order valence-corrected chi connectivity index (χ4v) is 2.29. The molecule has 0 atom stereocenters. The first-order valence-corrected chi connectivity index (χ1v) is 5.56. The molecule has 2 rings (SSSR count). The Hall–Kier alpha value is -1.74. The van der Waals surface area contributed by atoms with E-state index >= 15 is 0 Å². The van der Waals surface area contributed by atoms with Gasteiger partial charge in [0, 0.05) is 22.5 Å². The van der Waals surface area contributed by atoms with Crippen LogP contribution >= 0.6 is 11.6 Å². The molecule has 1 heterocycles. The van der Waals surface area contributed by atoms with Gasteiger partial charge in [0.1, 0.15) is 5.15 Å². The Kier molecular flexibility index (Phi) is 2.94. The Morgan fingerprint density at radius 1 is 1.41 bits per heavy atom. The van der Waals surface area contributed by atoms with Crippen LogP contribution in [0.25, 0.3) is 17.0 Å². The molecule has 3 nitrogen and oxygen atoms in total. The van der Waals surface area contributed by atoms with Gasteiger partial charge in [-0.3, -0.25) is 0 Å². The van der Waals surface area contributed by atoms with Crippen molar-refractivity contribution in [3.8, 4) is 0 Å². The number of halogens is 1. The summed E-state index contributed by atoms with van der Waals surface area (Å²) < 4.78 is 0. The average Bonchev–Trinajstić information content (AvgIpc) is 2.51. The number of aromatic amines is 1. The molecule has 1 aromatic heterocycles. The Balaban J connectivity index is 2.71. The molecule has 4 heteroatoms. The van der Waals surface area contributed by atoms with Crippen molar-refractivity contribution in [1.29, 1.82) is 0 Å². The van der Waals surface area contributed by atoms with Crippen LogP contribution in [-0.2, 0) is 4.79 Å². The van der Waals surface area contributed by atoms with Crippen molar-refractivity contribution in [3.05, 3.63) is 40.1 Å². The lowest BCUT2D eigenvalue weighted by Gasteiger charge is -2.00. The maximum Gasteiger partial charge on any atom is 0.328 e. The number of carboxylic acids is 1. The highest BCUT2D eigenvalue weighted by atomic mass is 35.5. The van der Waals surface area contributed by atoms with Crippen molar-refractivity contribution in [3.63, 3.8) is 0 Å². The van der Waals surface area contributed by atoms with Crippen LogP contribution in [0.5, 0.6) is 0 Å². The molecule has 0 unspecified atom stereocenters. The summed E-state index contributed by atoms with van der Waals surface area (Å²) in [4.78, 5) is 13.6. The van der Waals surface area contributed by atoms with E-state index in [-0.39, 0.29) is 0 Å². The molecule has 2 aromatic rings. The van der Waals surface area contributed by atoms with E-state index < -0.39 is 5.97 Å². The third-order valence-corrected chi connectivity index (χ3v) is 2.92. The standard InChI is InChI=1S/C13H12ClNO2/c1-7-5-8(2)12-9(3-4-11(16)17)13(14)15-10(12)6-7/h3-6,15H,1-2H3,(H,16,17)/b4-3+. The van der Waals surface area contributed by atoms with Gasteiger partial charge in [0.15, 0.2) is 0 Å². The van der Waals surface area contributed by atoms with Gasteiger partial charge >= 0.3 is 5.97 Å². The Labute approximate surface area is 104 Å². The molecule has 0 aliphatic heterocycles. The van der Waals surface area contributed by atoms with Gasteiger partial charge in [-0.15, -0.1) is 0 Å². The number of nitrogens with one attached hydrogen (secondary N) is 1.